The molecule has 0 aliphatic rings. The Labute approximate surface area is 110 Å². The van der Waals surface area contributed by atoms with E-state index < -0.39 is 5.56 Å². The summed E-state index contributed by atoms with van der Waals surface area (Å²) in [5, 5.41) is 3.96. The number of hydrogen-bond donors (Lipinski definition) is 0. The molecule has 2 heterocycles. The summed E-state index contributed by atoms with van der Waals surface area (Å²) in [6.45, 7) is 3.88. The first-order valence-electron chi connectivity index (χ1n) is 6.12. The second-order valence-electron chi connectivity index (χ2n) is 4.67. The van der Waals surface area contributed by atoms with Crippen LogP contribution in [0.4, 0.5) is 0 Å². The van der Waals surface area contributed by atoms with Crippen molar-refractivity contribution in [3.63, 3.8) is 0 Å². The van der Waals surface area contributed by atoms with Crippen molar-refractivity contribution in [2.45, 2.75) is 20.3 Å². The Morgan fingerprint density at radius 1 is 1.26 bits per heavy atom. The number of ketones is 1. The SMILES string of the molecule is CC(C)CC(=O)c1ccnn(-c2ccccn2)c1=O. The summed E-state index contributed by atoms with van der Waals surface area (Å²) in [7, 11) is 0. The summed E-state index contributed by atoms with van der Waals surface area (Å²) >= 11 is 0. The van der Waals surface area contributed by atoms with Crippen LogP contribution in [0.1, 0.15) is 30.6 Å². The molecule has 5 heteroatoms. The molecule has 0 N–H and O–H groups in total. The van der Waals surface area contributed by atoms with Crippen molar-refractivity contribution in [3.8, 4) is 5.82 Å². The molecule has 19 heavy (non-hydrogen) atoms. The van der Waals surface area contributed by atoms with Crippen molar-refractivity contribution in [1.82, 2.24) is 14.8 Å². The van der Waals surface area contributed by atoms with E-state index in [1.165, 1.54) is 12.3 Å². The zero-order valence-corrected chi connectivity index (χ0v) is 10.9. The van der Waals surface area contributed by atoms with E-state index in [0.29, 0.717) is 12.2 Å². The maximum Gasteiger partial charge on any atom is 0.283 e. The van der Waals surface area contributed by atoms with Crippen molar-refractivity contribution in [3.05, 3.63) is 52.6 Å². The minimum Gasteiger partial charge on any atom is -0.294 e. The van der Waals surface area contributed by atoms with Crippen LogP contribution in [-0.4, -0.2) is 20.5 Å². The van der Waals surface area contributed by atoms with E-state index in [0.717, 1.165) is 4.68 Å². The molecule has 5 nitrogen and oxygen atoms in total. The molecule has 0 fully saturated rings. The van der Waals surface area contributed by atoms with Crippen molar-refractivity contribution < 1.29 is 4.79 Å². The van der Waals surface area contributed by atoms with Gasteiger partial charge in [0.1, 0.15) is 0 Å². The molecule has 0 aliphatic heterocycles. The Morgan fingerprint density at radius 3 is 2.68 bits per heavy atom. The van der Waals surface area contributed by atoms with Crippen LogP contribution >= 0.6 is 0 Å². The number of hydrogen-bond acceptors (Lipinski definition) is 4. The van der Waals surface area contributed by atoms with Crippen LogP contribution in [0, 0.1) is 5.92 Å². The van der Waals surface area contributed by atoms with E-state index in [9.17, 15) is 9.59 Å². The normalized spacial score (nSPS) is 10.7. The summed E-state index contributed by atoms with van der Waals surface area (Å²) in [6, 6.07) is 6.65. The topological polar surface area (TPSA) is 64.8 Å². The van der Waals surface area contributed by atoms with Crippen molar-refractivity contribution >= 4 is 5.78 Å². The predicted octanol–water partition coefficient (Wildman–Crippen LogP) is 1.86. The zero-order valence-electron chi connectivity index (χ0n) is 10.9. The molecule has 2 rings (SSSR count). The first-order valence-corrected chi connectivity index (χ1v) is 6.12. The van der Waals surface area contributed by atoms with Gasteiger partial charge in [0.05, 0.1) is 5.56 Å². The highest BCUT2D eigenvalue weighted by atomic mass is 16.1. The molecule has 0 unspecified atom stereocenters. The highest BCUT2D eigenvalue weighted by Gasteiger charge is 2.15. The minimum absolute atomic E-state index is 0.160. The Hall–Kier alpha value is -2.30. The van der Waals surface area contributed by atoms with Crippen LogP contribution in [0.15, 0.2) is 41.5 Å². The molecule has 0 spiro atoms. The molecule has 0 aromatic carbocycles. The second kappa shape index (κ2) is 5.56. The Bertz CT molecular complexity index is 633. The lowest BCUT2D eigenvalue weighted by molar-refractivity contribution is 0.0965. The van der Waals surface area contributed by atoms with Gasteiger partial charge in [0, 0.05) is 18.8 Å². The number of aromatic nitrogens is 3. The lowest BCUT2D eigenvalue weighted by atomic mass is 10.0. The van der Waals surface area contributed by atoms with Gasteiger partial charge in [-0.25, -0.2) is 4.98 Å². The molecular formula is C14H15N3O2. The van der Waals surface area contributed by atoms with Gasteiger partial charge in [0.15, 0.2) is 11.6 Å². The van der Waals surface area contributed by atoms with Gasteiger partial charge in [0.25, 0.3) is 5.56 Å². The Balaban J connectivity index is 2.45. The minimum atomic E-state index is -0.424. The van der Waals surface area contributed by atoms with E-state index in [2.05, 4.69) is 10.1 Å². The van der Waals surface area contributed by atoms with Crippen LogP contribution in [-0.2, 0) is 0 Å². The standard InChI is InChI=1S/C14H15N3O2/c1-10(2)9-12(18)11-6-8-16-17(14(11)19)13-5-3-4-7-15-13/h3-8,10H,9H2,1-2H3. The zero-order chi connectivity index (χ0) is 13.8. The van der Waals surface area contributed by atoms with Gasteiger partial charge < -0.3 is 0 Å². The third-order valence-corrected chi connectivity index (χ3v) is 2.61. The fraction of sp³-hybridized carbons (Fsp3) is 0.286. The molecular weight excluding hydrogens is 242 g/mol. The summed E-state index contributed by atoms with van der Waals surface area (Å²) in [4.78, 5) is 28.3. The molecule has 0 atom stereocenters. The fourth-order valence-electron chi connectivity index (χ4n) is 1.75. The van der Waals surface area contributed by atoms with Crippen molar-refractivity contribution in [1.29, 1.82) is 0 Å². The Kier molecular flexibility index (Phi) is 3.85. The van der Waals surface area contributed by atoms with Gasteiger partial charge in [-0.2, -0.15) is 9.78 Å². The van der Waals surface area contributed by atoms with E-state index in [1.54, 1.807) is 24.4 Å². The first-order chi connectivity index (χ1) is 9.09. The Morgan fingerprint density at radius 2 is 2.05 bits per heavy atom. The number of nitrogens with zero attached hydrogens (tertiary/aromatic N) is 3. The average molecular weight is 257 g/mol. The van der Waals surface area contributed by atoms with Crippen LogP contribution in [0.2, 0.25) is 0 Å². The number of rotatable bonds is 4. The largest absolute Gasteiger partial charge is 0.294 e. The molecule has 0 amide bonds. The number of carbonyl (C=O) groups excluding carboxylic acids is 1. The quantitative estimate of drug-likeness (QED) is 0.784. The molecule has 0 bridgehead atoms. The summed E-state index contributed by atoms with van der Waals surface area (Å²) in [5.41, 5.74) is -0.263. The second-order valence-corrected chi connectivity index (χ2v) is 4.67. The van der Waals surface area contributed by atoms with Crippen LogP contribution < -0.4 is 5.56 Å². The van der Waals surface area contributed by atoms with E-state index in [-0.39, 0.29) is 17.3 Å². The van der Waals surface area contributed by atoms with Crippen LogP contribution in [0.3, 0.4) is 0 Å². The highest BCUT2D eigenvalue weighted by molar-refractivity contribution is 5.95. The van der Waals surface area contributed by atoms with E-state index >= 15 is 0 Å². The van der Waals surface area contributed by atoms with E-state index in [1.807, 2.05) is 13.8 Å². The lowest BCUT2D eigenvalue weighted by Crippen LogP contribution is -2.27. The van der Waals surface area contributed by atoms with E-state index in [4.69, 9.17) is 0 Å². The van der Waals surface area contributed by atoms with Crippen LogP contribution in [0.5, 0.6) is 0 Å². The molecule has 2 aromatic rings. The summed E-state index contributed by atoms with van der Waals surface area (Å²) in [6.07, 6.45) is 3.37. The van der Waals surface area contributed by atoms with Gasteiger partial charge in [0.2, 0.25) is 0 Å². The summed E-state index contributed by atoms with van der Waals surface area (Å²) < 4.78 is 1.15. The van der Waals surface area contributed by atoms with Gasteiger partial charge in [-0.15, -0.1) is 0 Å². The lowest BCUT2D eigenvalue weighted by Gasteiger charge is -2.06. The number of Topliss-reactive ketones (excluding diaryl/α,β-unsaturated/α-hetero) is 1. The number of pyridine rings is 1. The third-order valence-electron chi connectivity index (χ3n) is 2.61. The van der Waals surface area contributed by atoms with Crippen molar-refractivity contribution in [2.75, 3.05) is 0 Å². The third kappa shape index (κ3) is 2.93. The summed E-state index contributed by atoms with van der Waals surface area (Å²) in [5.74, 6) is 0.460. The maximum atomic E-state index is 12.2. The predicted molar refractivity (Wildman–Crippen MR) is 71.4 cm³/mol. The number of carbonyl (C=O) groups is 1. The van der Waals surface area contributed by atoms with Gasteiger partial charge in [-0.3, -0.25) is 9.59 Å². The molecule has 0 saturated heterocycles. The molecule has 0 saturated carbocycles. The maximum absolute atomic E-state index is 12.2. The average Bonchev–Trinajstić information content (AvgIpc) is 2.39. The molecule has 2 aromatic heterocycles. The highest BCUT2D eigenvalue weighted by Crippen LogP contribution is 2.06. The molecule has 0 aliphatic carbocycles. The van der Waals surface area contributed by atoms with Crippen molar-refractivity contribution in [2.24, 2.45) is 5.92 Å². The monoisotopic (exact) mass is 257 g/mol. The van der Waals surface area contributed by atoms with Gasteiger partial charge in [-0.05, 0) is 24.1 Å². The molecule has 0 radical (unpaired) electrons. The molecule has 98 valence electrons. The smallest absolute Gasteiger partial charge is 0.283 e. The van der Waals surface area contributed by atoms with Gasteiger partial charge >= 0.3 is 0 Å². The first kappa shape index (κ1) is 13.1. The van der Waals surface area contributed by atoms with Gasteiger partial charge in [-0.1, -0.05) is 19.9 Å². The fourth-order valence-corrected chi connectivity index (χ4v) is 1.75. The van der Waals surface area contributed by atoms with Crippen LogP contribution in [0.25, 0.3) is 5.82 Å².